The topological polar surface area (TPSA) is 0 Å². The van der Waals surface area contributed by atoms with Crippen molar-refractivity contribution in [3.8, 4) is 0 Å². The molecule has 0 saturated carbocycles. The molecule has 0 amide bonds. The summed E-state index contributed by atoms with van der Waals surface area (Å²) in [6, 6.07) is 21.6. The molecule has 1 atom stereocenters. The Bertz CT molecular complexity index is 468. The van der Waals surface area contributed by atoms with Gasteiger partial charge in [-0.3, -0.25) is 0 Å². The fourth-order valence-electron chi connectivity index (χ4n) is 1.48. The van der Waals surface area contributed by atoms with Crippen LogP contribution in [0.4, 0.5) is 0 Å². The molecule has 3 heteroatoms. The van der Waals surface area contributed by atoms with Crippen LogP contribution < -0.4 is 0 Å². The first kappa shape index (κ1) is 13.5. The Labute approximate surface area is 123 Å². The minimum atomic E-state index is 0.534. The molecule has 86 valence electrons. The van der Waals surface area contributed by atoms with Crippen LogP contribution in [0, 0.1) is 0 Å². The average Bonchev–Trinajstić information content (AvgIpc) is 2.39. The molecule has 1 unspecified atom stereocenters. The number of rotatable bonds is 5. The van der Waals surface area contributed by atoms with Gasteiger partial charge in [0.15, 0.2) is 0 Å². The summed E-state index contributed by atoms with van der Waals surface area (Å²) in [5.41, 5.74) is 2.92. The van der Waals surface area contributed by atoms with Gasteiger partial charge in [-0.25, -0.2) is 0 Å². The molecule has 2 aromatic rings. The molecule has 0 spiro atoms. The van der Waals surface area contributed by atoms with E-state index in [1.54, 1.807) is 0 Å². The molecule has 0 heterocycles. The van der Waals surface area contributed by atoms with Gasteiger partial charge in [0.05, 0.1) is 0 Å². The van der Waals surface area contributed by atoms with Crippen LogP contribution in [0.2, 0.25) is 0 Å². The van der Waals surface area contributed by atoms with Gasteiger partial charge in [0.25, 0.3) is 0 Å². The van der Waals surface area contributed by atoms with Gasteiger partial charge in [-0.2, -0.15) is 0 Å². The van der Waals surface area contributed by atoms with E-state index in [9.17, 15) is 0 Å². The van der Waals surface area contributed by atoms with Gasteiger partial charge < -0.3 is 0 Å². The van der Waals surface area contributed by atoms with Gasteiger partial charge >= 0.3 is 124 Å². The maximum absolute atomic E-state index is 2.24. The van der Waals surface area contributed by atoms with Gasteiger partial charge in [-0.05, 0) is 0 Å². The summed E-state index contributed by atoms with van der Waals surface area (Å²) in [4.78, 5) is 0. The summed E-state index contributed by atoms with van der Waals surface area (Å²) >= 11 is 1.28. The molecule has 0 saturated heterocycles. The van der Waals surface area contributed by atoms with E-state index >= 15 is 0 Å². The van der Waals surface area contributed by atoms with E-state index in [0.717, 1.165) is 5.75 Å². The summed E-state index contributed by atoms with van der Waals surface area (Å²) in [5.74, 6) is 2.93. The fourth-order valence-corrected chi connectivity index (χ4v) is 8.03. The van der Waals surface area contributed by atoms with Gasteiger partial charge in [0.2, 0.25) is 0 Å². The van der Waals surface area contributed by atoms with Gasteiger partial charge in [0.1, 0.15) is 0 Å². The molecule has 0 aliphatic heterocycles. The maximum atomic E-state index is 2.24. The summed E-state index contributed by atoms with van der Waals surface area (Å²) in [7, 11) is 2.11. The minimum absolute atomic E-state index is 0.534. The van der Waals surface area contributed by atoms with Gasteiger partial charge in [-0.1, -0.05) is 0 Å². The van der Waals surface area contributed by atoms with E-state index in [1.165, 1.54) is 40.6 Å². The third-order valence-electron chi connectivity index (χ3n) is 2.35. The Morgan fingerprint density at radius 3 is 1.94 bits per heavy atom. The van der Waals surface area contributed by atoms with Gasteiger partial charge in [0, 0.05) is 0 Å². The molecule has 0 aliphatic rings. The van der Waals surface area contributed by atoms with Crippen molar-refractivity contribution in [1.29, 1.82) is 0 Å². The molecule has 2 aromatic carbocycles. The molecular weight excluding hydrogens is 439 g/mol. The molecule has 0 nitrogen and oxygen atoms in total. The first-order valence-electron chi connectivity index (χ1n) is 5.48. The van der Waals surface area contributed by atoms with E-state index in [2.05, 4.69) is 71.5 Å². The Hall–Kier alpha value is 0.0621. The van der Waals surface area contributed by atoms with Crippen LogP contribution in [-0.4, -0.2) is 23.7 Å². The first-order valence-corrected chi connectivity index (χ1v) is 13.1. The predicted molar refractivity (Wildman–Crippen MR) is 81.2 cm³/mol. The second-order valence-electron chi connectivity index (χ2n) is 3.72. The summed E-state index contributed by atoms with van der Waals surface area (Å²) < 4.78 is 0. The van der Waals surface area contributed by atoms with E-state index in [4.69, 9.17) is 0 Å². The number of benzene rings is 2. The summed E-state index contributed by atoms with van der Waals surface area (Å²) in [5, 5.41) is 0. The van der Waals surface area contributed by atoms with E-state index in [1.807, 2.05) is 0 Å². The van der Waals surface area contributed by atoms with Crippen molar-refractivity contribution in [2.24, 2.45) is 0 Å². The third-order valence-corrected chi connectivity index (χ3v) is 11.0. The van der Waals surface area contributed by atoms with E-state index in [0.29, 0.717) is 5.94 Å². The molecule has 0 bridgehead atoms. The van der Waals surface area contributed by atoms with Crippen molar-refractivity contribution in [2.45, 2.75) is 11.5 Å². The second-order valence-corrected chi connectivity index (χ2v) is 16.3. The fraction of sp³-hybridized carbons (Fsp3) is 0.143. The van der Waals surface area contributed by atoms with Gasteiger partial charge in [-0.15, -0.1) is 0 Å². The average molecular weight is 454 g/mol. The van der Waals surface area contributed by atoms with Crippen LogP contribution in [-0.2, 0) is 11.5 Å². The molecule has 0 aliphatic carbocycles. The molecule has 0 aromatic heterocycles. The van der Waals surface area contributed by atoms with Crippen molar-refractivity contribution >= 4 is 40.4 Å². The first-order chi connectivity index (χ1) is 8.34. The number of hydrogen-bond donors (Lipinski definition) is 0. The SMILES string of the molecule is [Pb]=[S](Cc1ccccc1)SCc1ccccc1. The Morgan fingerprint density at radius 2 is 1.35 bits per heavy atom. The van der Waals surface area contributed by atoms with Crippen LogP contribution in [0.25, 0.3) is 0 Å². The van der Waals surface area contributed by atoms with Crippen LogP contribution in [0.1, 0.15) is 11.1 Å². The summed E-state index contributed by atoms with van der Waals surface area (Å²) in [6.45, 7) is 0. The third kappa shape index (κ3) is 5.06. The predicted octanol–water partition coefficient (Wildman–Crippen LogP) is 4.39. The summed E-state index contributed by atoms with van der Waals surface area (Å²) in [6.07, 6.45) is 0. The standard InChI is InChI=1S/C14H14S2.Pb/c1-3-7-13(8-4-1)11-15-16-12-14-9-5-2-6-10-14;/h1-10H,11-12H2;. The van der Waals surface area contributed by atoms with Crippen molar-refractivity contribution in [3.63, 3.8) is 0 Å². The molecule has 0 fully saturated rings. The van der Waals surface area contributed by atoms with Crippen LogP contribution in [0.3, 0.4) is 0 Å². The molecule has 2 rings (SSSR count). The van der Waals surface area contributed by atoms with Crippen LogP contribution in [0.5, 0.6) is 0 Å². The molecule has 2 radical (unpaired) electrons. The van der Waals surface area contributed by atoms with Crippen molar-refractivity contribution in [3.05, 3.63) is 71.8 Å². The molecule has 17 heavy (non-hydrogen) atoms. The van der Waals surface area contributed by atoms with Crippen LogP contribution in [0.15, 0.2) is 60.7 Å². The Balaban J connectivity index is 1.83. The Morgan fingerprint density at radius 1 is 0.824 bits per heavy atom. The molecule has 0 N–H and O–H groups in total. The normalized spacial score (nSPS) is 12.2. The van der Waals surface area contributed by atoms with E-state index in [-0.39, 0.29) is 0 Å². The van der Waals surface area contributed by atoms with Crippen molar-refractivity contribution < 1.29 is 0 Å². The Kier molecular flexibility index (Phi) is 5.94. The van der Waals surface area contributed by atoms with Crippen LogP contribution >= 0.6 is 16.7 Å². The zero-order valence-corrected chi connectivity index (χ0v) is 15.0. The van der Waals surface area contributed by atoms with Crippen molar-refractivity contribution in [2.75, 3.05) is 0 Å². The molecular formula is C14H14PbS2. The quantitative estimate of drug-likeness (QED) is 0.478. The zero-order valence-electron chi connectivity index (χ0n) is 9.50. The monoisotopic (exact) mass is 454 g/mol. The van der Waals surface area contributed by atoms with Crippen molar-refractivity contribution in [1.82, 2.24) is 0 Å². The number of hydrogen-bond acceptors (Lipinski definition) is 1. The van der Waals surface area contributed by atoms with E-state index < -0.39 is 0 Å². The zero-order chi connectivity index (χ0) is 11.9. The second kappa shape index (κ2) is 7.49.